The van der Waals surface area contributed by atoms with E-state index in [1.165, 1.54) is 36.2 Å². The summed E-state index contributed by atoms with van der Waals surface area (Å²) in [6.07, 6.45) is 3.94. The Labute approximate surface area is 131 Å². The third-order valence-electron chi connectivity index (χ3n) is 4.19. The van der Waals surface area contributed by atoms with Gasteiger partial charge >= 0.3 is 0 Å². The zero-order valence-corrected chi connectivity index (χ0v) is 13.8. The Morgan fingerprint density at radius 2 is 2.19 bits per heavy atom. The second-order valence-corrected chi connectivity index (χ2v) is 7.15. The number of nitrogens with zero attached hydrogens (tertiary/aromatic N) is 2. The largest absolute Gasteiger partial charge is 0.357 e. The molecule has 1 N–H and O–H groups in total. The molecule has 1 fully saturated rings. The third kappa shape index (κ3) is 3.38. The molecule has 0 aliphatic carbocycles. The summed E-state index contributed by atoms with van der Waals surface area (Å²) < 4.78 is 4.62. The van der Waals surface area contributed by atoms with Gasteiger partial charge in [-0.15, -0.1) is 0 Å². The Balaban J connectivity index is 1.77. The van der Waals surface area contributed by atoms with Crippen molar-refractivity contribution in [2.75, 3.05) is 24.5 Å². The summed E-state index contributed by atoms with van der Waals surface area (Å²) >= 11 is 1.66. The third-order valence-corrected chi connectivity index (χ3v) is 5.10. The topological polar surface area (TPSA) is 28.2 Å². The van der Waals surface area contributed by atoms with Gasteiger partial charge in [-0.2, -0.15) is 4.37 Å². The van der Waals surface area contributed by atoms with Crippen molar-refractivity contribution in [1.82, 2.24) is 9.69 Å². The Morgan fingerprint density at radius 3 is 3.05 bits per heavy atom. The number of piperidine rings is 1. The summed E-state index contributed by atoms with van der Waals surface area (Å²) in [4.78, 5) is 2.59. The van der Waals surface area contributed by atoms with Gasteiger partial charge in [-0.25, -0.2) is 0 Å². The average molecular weight is 303 g/mol. The first-order valence-electron chi connectivity index (χ1n) is 8.07. The molecule has 4 heteroatoms. The predicted octanol–water partition coefficient (Wildman–Crippen LogP) is 3.90. The van der Waals surface area contributed by atoms with Crippen molar-refractivity contribution in [2.24, 2.45) is 5.92 Å². The van der Waals surface area contributed by atoms with E-state index in [0.717, 1.165) is 18.6 Å². The molecule has 3 nitrogen and oxygen atoms in total. The number of nitrogens with one attached hydrogen (secondary N) is 1. The van der Waals surface area contributed by atoms with Gasteiger partial charge in [-0.3, -0.25) is 0 Å². The standard InChI is InChI=1S/C17H25N3S/c1-13(2)11-18-12-14-7-5-6-10-20(14)17-15-8-3-4-9-16(15)19-21-17/h3-4,8-9,13-14,18H,5-7,10-12H2,1-2H3. The van der Waals surface area contributed by atoms with Crippen LogP contribution < -0.4 is 10.2 Å². The number of hydrogen-bond acceptors (Lipinski definition) is 4. The van der Waals surface area contributed by atoms with Crippen molar-refractivity contribution in [1.29, 1.82) is 0 Å². The van der Waals surface area contributed by atoms with Gasteiger partial charge in [-0.1, -0.05) is 26.0 Å². The summed E-state index contributed by atoms with van der Waals surface area (Å²) in [5, 5.41) is 6.32. The first kappa shape index (κ1) is 14.8. The average Bonchev–Trinajstić information content (AvgIpc) is 2.91. The molecule has 0 saturated carbocycles. The van der Waals surface area contributed by atoms with Crippen molar-refractivity contribution >= 4 is 27.4 Å². The van der Waals surface area contributed by atoms with Crippen LogP contribution in [0.4, 0.5) is 5.00 Å². The van der Waals surface area contributed by atoms with Gasteiger partial charge in [0, 0.05) is 24.5 Å². The first-order valence-corrected chi connectivity index (χ1v) is 8.85. The van der Waals surface area contributed by atoms with Crippen LogP contribution in [0.2, 0.25) is 0 Å². The summed E-state index contributed by atoms with van der Waals surface area (Å²) in [6.45, 7) is 7.89. The van der Waals surface area contributed by atoms with Crippen LogP contribution in [0.3, 0.4) is 0 Å². The van der Waals surface area contributed by atoms with Gasteiger partial charge in [0.05, 0.1) is 5.52 Å². The molecule has 0 spiro atoms. The van der Waals surface area contributed by atoms with Crippen molar-refractivity contribution in [3.8, 4) is 0 Å². The van der Waals surface area contributed by atoms with E-state index >= 15 is 0 Å². The molecule has 1 aliphatic heterocycles. The van der Waals surface area contributed by atoms with Crippen molar-refractivity contribution in [2.45, 2.75) is 39.2 Å². The first-order chi connectivity index (χ1) is 10.3. The second kappa shape index (κ2) is 6.75. The Kier molecular flexibility index (Phi) is 4.76. The van der Waals surface area contributed by atoms with Gasteiger partial charge in [0.2, 0.25) is 0 Å². The van der Waals surface area contributed by atoms with Crippen LogP contribution in [-0.2, 0) is 0 Å². The molecule has 0 amide bonds. The Morgan fingerprint density at radius 1 is 1.33 bits per heavy atom. The number of aromatic nitrogens is 1. The molecule has 1 saturated heterocycles. The summed E-state index contributed by atoms with van der Waals surface area (Å²) in [7, 11) is 0. The Hall–Kier alpha value is -1.13. The summed E-state index contributed by atoms with van der Waals surface area (Å²) in [6, 6.07) is 9.13. The number of hydrogen-bond donors (Lipinski definition) is 1. The van der Waals surface area contributed by atoms with Crippen LogP contribution in [0, 0.1) is 5.92 Å². The van der Waals surface area contributed by atoms with E-state index in [1.807, 2.05) is 0 Å². The van der Waals surface area contributed by atoms with Crippen molar-refractivity contribution in [3.05, 3.63) is 24.3 Å². The monoisotopic (exact) mass is 303 g/mol. The fraction of sp³-hybridized carbons (Fsp3) is 0.588. The second-order valence-electron chi connectivity index (χ2n) is 6.40. The molecule has 1 aromatic heterocycles. The zero-order chi connectivity index (χ0) is 14.7. The number of rotatable bonds is 5. The minimum atomic E-state index is 0.612. The van der Waals surface area contributed by atoms with Crippen LogP contribution >= 0.6 is 11.5 Å². The van der Waals surface area contributed by atoms with Crippen molar-refractivity contribution in [3.63, 3.8) is 0 Å². The van der Waals surface area contributed by atoms with E-state index in [1.54, 1.807) is 11.5 Å². The maximum absolute atomic E-state index is 4.62. The highest BCUT2D eigenvalue weighted by Crippen LogP contribution is 2.34. The molecule has 0 bridgehead atoms. The summed E-state index contributed by atoms with van der Waals surface area (Å²) in [5.41, 5.74) is 1.14. The SMILES string of the molecule is CC(C)CNCC1CCCCN1c1snc2ccccc12. The minimum Gasteiger partial charge on any atom is -0.357 e. The van der Waals surface area contributed by atoms with Gasteiger partial charge in [-0.05, 0) is 55.4 Å². The minimum absolute atomic E-state index is 0.612. The van der Waals surface area contributed by atoms with Crippen LogP contribution in [0.25, 0.3) is 10.9 Å². The lowest BCUT2D eigenvalue weighted by Gasteiger charge is -2.37. The summed E-state index contributed by atoms with van der Waals surface area (Å²) in [5.74, 6) is 0.714. The van der Waals surface area contributed by atoms with E-state index in [4.69, 9.17) is 0 Å². The fourth-order valence-corrected chi connectivity index (χ4v) is 4.06. The molecule has 2 aromatic rings. The molecule has 2 heterocycles. The van der Waals surface area contributed by atoms with E-state index in [0.29, 0.717) is 12.0 Å². The lowest BCUT2D eigenvalue weighted by Crippen LogP contribution is -2.46. The molecule has 3 rings (SSSR count). The van der Waals surface area contributed by atoms with Crippen molar-refractivity contribution < 1.29 is 0 Å². The predicted molar refractivity (Wildman–Crippen MR) is 92.3 cm³/mol. The van der Waals surface area contributed by atoms with E-state index in [2.05, 4.69) is 52.7 Å². The van der Waals surface area contributed by atoms with Crippen LogP contribution in [-0.4, -0.2) is 30.0 Å². The smallest absolute Gasteiger partial charge is 0.120 e. The van der Waals surface area contributed by atoms with Crippen LogP contribution in [0.5, 0.6) is 0 Å². The van der Waals surface area contributed by atoms with Gasteiger partial charge < -0.3 is 10.2 Å². The molecule has 1 atom stereocenters. The van der Waals surface area contributed by atoms with Gasteiger partial charge in [0.25, 0.3) is 0 Å². The molecule has 1 aliphatic rings. The molecule has 114 valence electrons. The molecule has 0 radical (unpaired) electrons. The Bertz CT molecular complexity index is 578. The number of fused-ring (bicyclic) bond motifs is 1. The lowest BCUT2D eigenvalue weighted by atomic mass is 10.0. The highest BCUT2D eigenvalue weighted by molar-refractivity contribution is 7.11. The molecule has 1 unspecified atom stereocenters. The lowest BCUT2D eigenvalue weighted by molar-refractivity contribution is 0.425. The van der Waals surface area contributed by atoms with Gasteiger partial charge in [0.1, 0.15) is 5.00 Å². The van der Waals surface area contributed by atoms with Crippen LogP contribution in [0.1, 0.15) is 33.1 Å². The van der Waals surface area contributed by atoms with E-state index in [9.17, 15) is 0 Å². The highest BCUT2D eigenvalue weighted by Gasteiger charge is 2.25. The molecule has 21 heavy (non-hydrogen) atoms. The maximum Gasteiger partial charge on any atom is 0.120 e. The van der Waals surface area contributed by atoms with Crippen LogP contribution in [0.15, 0.2) is 24.3 Å². The fourth-order valence-electron chi connectivity index (χ4n) is 3.10. The molecular weight excluding hydrogens is 278 g/mol. The number of anilines is 1. The van der Waals surface area contributed by atoms with E-state index in [-0.39, 0.29) is 0 Å². The zero-order valence-electron chi connectivity index (χ0n) is 13.0. The maximum atomic E-state index is 4.62. The number of benzene rings is 1. The normalized spacial score (nSPS) is 19.6. The van der Waals surface area contributed by atoms with Gasteiger partial charge in [0.15, 0.2) is 0 Å². The quantitative estimate of drug-likeness (QED) is 0.908. The molecule has 1 aromatic carbocycles. The highest BCUT2D eigenvalue weighted by atomic mass is 32.1. The molecular formula is C17H25N3S. The van der Waals surface area contributed by atoms with E-state index < -0.39 is 0 Å².